The Hall–Kier alpha value is -2.69. The van der Waals surface area contributed by atoms with E-state index in [1.165, 1.54) is 0 Å². The topological polar surface area (TPSA) is 70.5 Å². The van der Waals surface area contributed by atoms with Gasteiger partial charge >= 0.3 is 0 Å². The standard InChI is InChI=1S/C16H16N2O3/c1-2-19-12-4-3-5-13(9-12)20-10-16-18-14-7-6-11(17)8-15(14)21-16/h3-9H,2,10,17H2,1H3. The monoisotopic (exact) mass is 284 g/mol. The predicted molar refractivity (Wildman–Crippen MR) is 80.4 cm³/mol. The van der Waals surface area contributed by atoms with E-state index < -0.39 is 0 Å². The van der Waals surface area contributed by atoms with Gasteiger partial charge in [-0.1, -0.05) is 6.07 Å². The number of aromatic nitrogens is 1. The Balaban J connectivity index is 1.72. The lowest BCUT2D eigenvalue weighted by Crippen LogP contribution is -1.96. The van der Waals surface area contributed by atoms with Crippen molar-refractivity contribution in [3.63, 3.8) is 0 Å². The van der Waals surface area contributed by atoms with Gasteiger partial charge in [0.15, 0.2) is 12.2 Å². The van der Waals surface area contributed by atoms with Crippen molar-refractivity contribution in [1.29, 1.82) is 0 Å². The Morgan fingerprint density at radius 1 is 1.10 bits per heavy atom. The fourth-order valence-electron chi connectivity index (χ4n) is 2.02. The summed E-state index contributed by atoms with van der Waals surface area (Å²) < 4.78 is 16.7. The number of nitrogens with two attached hydrogens (primary N) is 1. The Labute approximate surface area is 122 Å². The number of nitrogens with zero attached hydrogens (tertiary/aromatic N) is 1. The molecule has 0 aliphatic carbocycles. The fourth-order valence-corrected chi connectivity index (χ4v) is 2.02. The molecule has 2 N–H and O–H groups in total. The summed E-state index contributed by atoms with van der Waals surface area (Å²) in [5.74, 6) is 2.00. The number of hydrogen-bond acceptors (Lipinski definition) is 5. The molecule has 108 valence electrons. The van der Waals surface area contributed by atoms with Crippen LogP contribution in [-0.2, 0) is 6.61 Å². The molecule has 1 aromatic heterocycles. The first-order chi connectivity index (χ1) is 10.2. The minimum atomic E-state index is 0.254. The summed E-state index contributed by atoms with van der Waals surface area (Å²) in [6, 6.07) is 12.8. The van der Waals surface area contributed by atoms with Gasteiger partial charge in [-0.2, -0.15) is 0 Å². The van der Waals surface area contributed by atoms with Crippen molar-refractivity contribution < 1.29 is 13.9 Å². The molecule has 21 heavy (non-hydrogen) atoms. The molecule has 0 spiro atoms. The van der Waals surface area contributed by atoms with Gasteiger partial charge in [-0.15, -0.1) is 0 Å². The number of benzene rings is 2. The van der Waals surface area contributed by atoms with Crippen molar-refractivity contribution in [2.75, 3.05) is 12.3 Å². The summed E-state index contributed by atoms with van der Waals surface area (Å²) in [6.45, 7) is 2.82. The van der Waals surface area contributed by atoms with Crippen LogP contribution >= 0.6 is 0 Å². The van der Waals surface area contributed by atoms with Gasteiger partial charge in [0.2, 0.25) is 5.89 Å². The molecular weight excluding hydrogens is 268 g/mol. The zero-order valence-electron chi connectivity index (χ0n) is 11.7. The van der Waals surface area contributed by atoms with Crippen LogP contribution in [0.4, 0.5) is 5.69 Å². The van der Waals surface area contributed by atoms with Crippen molar-refractivity contribution in [2.24, 2.45) is 0 Å². The van der Waals surface area contributed by atoms with Crippen LogP contribution in [0.25, 0.3) is 11.1 Å². The molecule has 2 aromatic carbocycles. The van der Waals surface area contributed by atoms with E-state index >= 15 is 0 Å². The Morgan fingerprint density at radius 2 is 1.90 bits per heavy atom. The van der Waals surface area contributed by atoms with Gasteiger partial charge in [-0.3, -0.25) is 0 Å². The van der Waals surface area contributed by atoms with Crippen LogP contribution in [-0.4, -0.2) is 11.6 Å². The molecule has 0 saturated carbocycles. The van der Waals surface area contributed by atoms with Crippen molar-refractivity contribution in [3.8, 4) is 11.5 Å². The molecule has 0 radical (unpaired) electrons. The number of nitrogen functional groups attached to an aromatic ring is 1. The highest BCUT2D eigenvalue weighted by molar-refractivity contribution is 5.76. The number of oxazole rings is 1. The SMILES string of the molecule is CCOc1cccc(OCc2nc3ccc(N)cc3o2)c1. The van der Waals surface area contributed by atoms with Crippen LogP contribution in [0.2, 0.25) is 0 Å². The van der Waals surface area contributed by atoms with Crippen LogP contribution in [0, 0.1) is 0 Å². The average molecular weight is 284 g/mol. The zero-order valence-corrected chi connectivity index (χ0v) is 11.7. The fraction of sp³-hybridized carbons (Fsp3) is 0.188. The summed E-state index contributed by atoms with van der Waals surface area (Å²) in [4.78, 5) is 4.35. The van der Waals surface area contributed by atoms with Gasteiger partial charge < -0.3 is 19.6 Å². The zero-order chi connectivity index (χ0) is 14.7. The molecule has 0 saturated heterocycles. The molecule has 5 nitrogen and oxygen atoms in total. The van der Waals surface area contributed by atoms with E-state index in [0.717, 1.165) is 11.3 Å². The minimum absolute atomic E-state index is 0.254. The molecule has 0 atom stereocenters. The van der Waals surface area contributed by atoms with Crippen molar-refractivity contribution in [2.45, 2.75) is 13.5 Å². The van der Waals surface area contributed by atoms with Crippen LogP contribution in [0.3, 0.4) is 0 Å². The Morgan fingerprint density at radius 3 is 2.71 bits per heavy atom. The number of fused-ring (bicyclic) bond motifs is 1. The third kappa shape index (κ3) is 3.08. The van der Waals surface area contributed by atoms with E-state index in [9.17, 15) is 0 Å². The maximum absolute atomic E-state index is 5.71. The summed E-state index contributed by atoms with van der Waals surface area (Å²) in [6.07, 6.45) is 0. The number of rotatable bonds is 5. The lowest BCUT2D eigenvalue weighted by Gasteiger charge is -2.06. The van der Waals surface area contributed by atoms with Gasteiger partial charge in [-0.05, 0) is 31.2 Å². The average Bonchev–Trinajstić information content (AvgIpc) is 2.88. The number of hydrogen-bond donors (Lipinski definition) is 1. The number of anilines is 1. The third-order valence-electron chi connectivity index (χ3n) is 2.94. The summed E-state index contributed by atoms with van der Waals surface area (Å²) in [5, 5.41) is 0. The molecule has 0 aliphatic heterocycles. The molecule has 0 fully saturated rings. The smallest absolute Gasteiger partial charge is 0.233 e. The van der Waals surface area contributed by atoms with E-state index in [1.807, 2.05) is 37.3 Å². The second-order valence-corrected chi connectivity index (χ2v) is 4.53. The predicted octanol–water partition coefficient (Wildman–Crippen LogP) is 3.39. The highest BCUT2D eigenvalue weighted by atomic mass is 16.5. The van der Waals surface area contributed by atoms with Crippen LogP contribution in [0.5, 0.6) is 11.5 Å². The first-order valence-electron chi connectivity index (χ1n) is 6.75. The largest absolute Gasteiger partial charge is 0.494 e. The van der Waals surface area contributed by atoms with Crippen LogP contribution in [0.15, 0.2) is 46.9 Å². The molecule has 5 heteroatoms. The van der Waals surface area contributed by atoms with Crippen LogP contribution in [0.1, 0.15) is 12.8 Å². The second kappa shape index (κ2) is 5.75. The Bertz CT molecular complexity index is 752. The highest BCUT2D eigenvalue weighted by Gasteiger charge is 2.07. The lowest BCUT2D eigenvalue weighted by molar-refractivity contribution is 0.264. The molecule has 3 rings (SSSR count). The van der Waals surface area contributed by atoms with E-state index in [2.05, 4.69) is 4.98 Å². The normalized spacial score (nSPS) is 10.7. The first-order valence-corrected chi connectivity index (χ1v) is 6.75. The minimum Gasteiger partial charge on any atom is -0.494 e. The van der Waals surface area contributed by atoms with E-state index in [-0.39, 0.29) is 6.61 Å². The van der Waals surface area contributed by atoms with Crippen molar-refractivity contribution >= 4 is 16.8 Å². The van der Waals surface area contributed by atoms with E-state index in [1.54, 1.807) is 12.1 Å². The first kappa shape index (κ1) is 13.3. The van der Waals surface area contributed by atoms with E-state index in [4.69, 9.17) is 19.6 Å². The quantitative estimate of drug-likeness (QED) is 0.727. The van der Waals surface area contributed by atoms with Gasteiger partial charge in [0.1, 0.15) is 17.0 Å². The van der Waals surface area contributed by atoms with Gasteiger partial charge in [0, 0.05) is 17.8 Å². The molecule has 0 unspecified atom stereocenters. The molecule has 1 heterocycles. The van der Waals surface area contributed by atoms with Crippen LogP contribution < -0.4 is 15.2 Å². The molecule has 0 amide bonds. The molecular formula is C16H16N2O3. The maximum atomic E-state index is 5.71. The highest BCUT2D eigenvalue weighted by Crippen LogP contribution is 2.22. The number of ether oxygens (including phenoxy) is 2. The van der Waals surface area contributed by atoms with Crippen molar-refractivity contribution in [3.05, 3.63) is 48.4 Å². The molecule has 0 bridgehead atoms. The third-order valence-corrected chi connectivity index (χ3v) is 2.94. The van der Waals surface area contributed by atoms with Gasteiger partial charge in [0.25, 0.3) is 0 Å². The second-order valence-electron chi connectivity index (χ2n) is 4.53. The van der Waals surface area contributed by atoms with E-state index in [0.29, 0.717) is 29.5 Å². The molecule has 3 aromatic rings. The summed E-state index contributed by atoms with van der Waals surface area (Å²) in [5.41, 5.74) is 7.79. The summed E-state index contributed by atoms with van der Waals surface area (Å²) >= 11 is 0. The van der Waals surface area contributed by atoms with Gasteiger partial charge in [0.05, 0.1) is 6.61 Å². The molecule has 0 aliphatic rings. The van der Waals surface area contributed by atoms with Gasteiger partial charge in [-0.25, -0.2) is 4.98 Å². The summed E-state index contributed by atoms with van der Waals surface area (Å²) in [7, 11) is 0. The lowest BCUT2D eigenvalue weighted by atomic mass is 10.3. The van der Waals surface area contributed by atoms with Crippen molar-refractivity contribution in [1.82, 2.24) is 4.98 Å². The maximum Gasteiger partial charge on any atom is 0.233 e. The Kier molecular flexibility index (Phi) is 3.64.